The zero-order valence-electron chi connectivity index (χ0n) is 17.9. The highest BCUT2D eigenvalue weighted by molar-refractivity contribution is 7.97. The number of fused-ring (bicyclic) bond motifs is 1. The Hall–Kier alpha value is -3.00. The molecule has 0 saturated heterocycles. The van der Waals surface area contributed by atoms with Gasteiger partial charge in [-0.2, -0.15) is 17.0 Å². The first-order valence-electron chi connectivity index (χ1n) is 8.96. The molecule has 1 heterocycles. The van der Waals surface area contributed by atoms with Gasteiger partial charge in [0.05, 0.1) is 37.4 Å². The molecule has 0 aliphatic carbocycles. The number of halogens is 1. The highest BCUT2D eigenvalue weighted by Crippen LogP contribution is 2.28. The van der Waals surface area contributed by atoms with Crippen molar-refractivity contribution in [3.63, 3.8) is 0 Å². The summed E-state index contributed by atoms with van der Waals surface area (Å²) in [6.45, 7) is 2.49. The molecular weight excluding hydrogens is 425 g/mol. The van der Waals surface area contributed by atoms with Gasteiger partial charge in [-0.15, -0.1) is 0 Å². The van der Waals surface area contributed by atoms with Gasteiger partial charge in [0.25, 0.3) is 0 Å². The average molecular weight is 454 g/mol. The van der Waals surface area contributed by atoms with Crippen LogP contribution in [0.15, 0.2) is 41.2 Å². The molecule has 1 aromatic heterocycles. The lowest BCUT2D eigenvalue weighted by molar-refractivity contribution is 0.310. The maximum absolute atomic E-state index is 13.6. The van der Waals surface area contributed by atoms with Crippen molar-refractivity contribution in [2.45, 2.75) is 20.0 Å². The molecule has 2 aromatic carbocycles. The second kappa shape index (κ2) is 13.3. The number of hydrogen-bond acceptors (Lipinski definition) is 5. The summed E-state index contributed by atoms with van der Waals surface area (Å²) >= 11 is 1.75. The Balaban J connectivity index is 0.00000170. The van der Waals surface area contributed by atoms with Gasteiger partial charge < -0.3 is 20.4 Å². The quantitative estimate of drug-likeness (QED) is 0.565. The average Bonchev–Trinajstić information content (AvgIpc) is 2.95. The maximum atomic E-state index is 13.6. The van der Waals surface area contributed by atoms with Crippen molar-refractivity contribution >= 4 is 22.8 Å². The van der Waals surface area contributed by atoms with Crippen LogP contribution in [0, 0.1) is 17.1 Å². The second-order valence-corrected chi connectivity index (χ2v) is 6.89. The smallest absolute Gasteiger partial charge is 0.330 e. The van der Waals surface area contributed by atoms with Crippen LogP contribution < -0.4 is 15.2 Å². The van der Waals surface area contributed by atoms with E-state index >= 15 is 0 Å². The molecule has 0 aliphatic rings. The fourth-order valence-corrected chi connectivity index (χ4v) is 2.94. The van der Waals surface area contributed by atoms with E-state index in [2.05, 4.69) is 0 Å². The molecule has 3 aromatic rings. The summed E-state index contributed by atoms with van der Waals surface area (Å²) in [4.78, 5) is 12.7. The van der Waals surface area contributed by atoms with E-state index in [9.17, 15) is 9.18 Å². The van der Waals surface area contributed by atoms with Crippen LogP contribution in [0.3, 0.4) is 0 Å². The van der Waals surface area contributed by atoms with Crippen molar-refractivity contribution in [3.05, 3.63) is 58.3 Å². The van der Waals surface area contributed by atoms with Crippen LogP contribution in [0.4, 0.5) is 4.39 Å². The van der Waals surface area contributed by atoms with Gasteiger partial charge >= 0.3 is 5.69 Å². The minimum atomic E-state index is -0.454. The highest BCUT2D eigenvalue weighted by atomic mass is 32.2. The van der Waals surface area contributed by atoms with Crippen molar-refractivity contribution in [2.24, 2.45) is 0 Å². The molecule has 0 aliphatic heterocycles. The summed E-state index contributed by atoms with van der Waals surface area (Å²) < 4.78 is 27.2. The molecule has 8 nitrogen and oxygen atoms in total. The van der Waals surface area contributed by atoms with Gasteiger partial charge in [0.1, 0.15) is 12.4 Å². The molecule has 0 unspecified atom stereocenters. The van der Waals surface area contributed by atoms with Crippen LogP contribution in [-0.4, -0.2) is 46.3 Å². The van der Waals surface area contributed by atoms with E-state index in [-0.39, 0.29) is 29.7 Å². The minimum absolute atomic E-state index is 0. The Bertz CT molecular complexity index is 1080. The van der Waals surface area contributed by atoms with Crippen LogP contribution in [0.2, 0.25) is 0 Å². The zero-order chi connectivity index (χ0) is 21.4. The third-order valence-corrected chi connectivity index (χ3v) is 4.08. The monoisotopic (exact) mass is 453 g/mol. The van der Waals surface area contributed by atoms with E-state index in [1.54, 1.807) is 31.0 Å². The minimum Gasteiger partial charge on any atom is -0.493 e. The normalized spacial score (nSPS) is 9.55. The predicted octanol–water partition coefficient (Wildman–Crippen LogP) is 2.25. The molecular formula is C21H28FN3O5S. The van der Waals surface area contributed by atoms with Gasteiger partial charge in [-0.1, -0.05) is 6.07 Å². The van der Waals surface area contributed by atoms with Crippen molar-refractivity contribution in [2.75, 3.05) is 26.2 Å². The number of rotatable bonds is 6. The van der Waals surface area contributed by atoms with Crippen molar-refractivity contribution < 1.29 is 24.8 Å². The number of methoxy groups -OCH3 is 1. The maximum Gasteiger partial charge on any atom is 0.330 e. The van der Waals surface area contributed by atoms with Crippen LogP contribution in [0.5, 0.6) is 11.5 Å². The van der Waals surface area contributed by atoms with E-state index in [0.717, 1.165) is 5.56 Å². The van der Waals surface area contributed by atoms with Crippen LogP contribution in [0.25, 0.3) is 11.0 Å². The van der Waals surface area contributed by atoms with Gasteiger partial charge in [-0.25, -0.2) is 9.18 Å². The standard InChI is InChI=1S/C19H18FN3O3.C2H6S.2H2O/c1-3-26-18-10-13(4-7-17(18)25-2)12-23-15-6-5-14(20)11-16(15)22(9-8-21)19(23)24;1-3-2;;/h4-7,10-11H,3,9,12H2,1-2H3;1-2H3;2*1H2. The Kier molecular flexibility index (Phi) is 12.0. The van der Waals surface area contributed by atoms with Gasteiger partial charge in [-0.05, 0) is 55.3 Å². The molecule has 3 rings (SSSR count). The lowest BCUT2D eigenvalue weighted by Crippen LogP contribution is -2.24. The number of imidazole rings is 1. The number of nitriles is 1. The molecule has 170 valence electrons. The molecule has 0 spiro atoms. The lowest BCUT2D eigenvalue weighted by atomic mass is 10.2. The van der Waals surface area contributed by atoms with E-state index < -0.39 is 5.82 Å². The first-order valence-corrected chi connectivity index (χ1v) is 10.6. The topological polar surface area (TPSA) is 132 Å². The zero-order valence-corrected chi connectivity index (χ0v) is 18.8. The van der Waals surface area contributed by atoms with Crippen LogP contribution >= 0.6 is 11.8 Å². The van der Waals surface area contributed by atoms with Crippen LogP contribution in [-0.2, 0) is 13.1 Å². The molecule has 0 atom stereocenters. The highest BCUT2D eigenvalue weighted by Gasteiger charge is 2.15. The summed E-state index contributed by atoms with van der Waals surface area (Å²) in [5.74, 6) is 0.744. The molecule has 0 bridgehead atoms. The Morgan fingerprint density at radius 2 is 1.74 bits per heavy atom. The first kappa shape index (κ1) is 28.0. The third kappa shape index (κ3) is 6.49. The second-order valence-electron chi connectivity index (χ2n) is 6.07. The van der Waals surface area contributed by atoms with Crippen molar-refractivity contribution in [1.82, 2.24) is 9.13 Å². The summed E-state index contributed by atoms with van der Waals surface area (Å²) in [6.07, 6.45) is 4.08. The number of ether oxygens (including phenoxy) is 2. The molecule has 0 radical (unpaired) electrons. The van der Waals surface area contributed by atoms with Gasteiger partial charge in [-0.3, -0.25) is 9.13 Å². The molecule has 0 fully saturated rings. The number of thioether (sulfide) groups is 1. The van der Waals surface area contributed by atoms with Crippen molar-refractivity contribution in [3.8, 4) is 17.6 Å². The van der Waals surface area contributed by atoms with Crippen molar-refractivity contribution in [1.29, 1.82) is 5.26 Å². The summed E-state index contributed by atoms with van der Waals surface area (Å²) in [7, 11) is 1.56. The Morgan fingerprint density at radius 3 is 2.32 bits per heavy atom. The predicted molar refractivity (Wildman–Crippen MR) is 122 cm³/mol. The molecule has 0 amide bonds. The fourth-order valence-electron chi connectivity index (χ4n) is 2.94. The largest absolute Gasteiger partial charge is 0.493 e. The van der Waals surface area contributed by atoms with E-state index in [0.29, 0.717) is 29.1 Å². The molecule has 4 N–H and O–H groups in total. The Morgan fingerprint density at radius 1 is 1.06 bits per heavy atom. The number of hydrogen-bond donors (Lipinski definition) is 0. The molecule has 10 heteroatoms. The van der Waals surface area contributed by atoms with Crippen LogP contribution in [0.1, 0.15) is 12.5 Å². The summed E-state index contributed by atoms with van der Waals surface area (Å²) in [6, 6.07) is 11.5. The van der Waals surface area contributed by atoms with E-state index in [1.165, 1.54) is 21.3 Å². The number of nitrogens with zero attached hydrogens (tertiary/aromatic N) is 3. The Labute approximate surface area is 184 Å². The molecule has 31 heavy (non-hydrogen) atoms. The van der Waals surface area contributed by atoms with Gasteiger partial charge in [0.2, 0.25) is 0 Å². The molecule has 0 saturated carbocycles. The van der Waals surface area contributed by atoms with E-state index in [1.807, 2.05) is 37.6 Å². The van der Waals surface area contributed by atoms with Gasteiger partial charge in [0.15, 0.2) is 11.5 Å². The summed E-state index contributed by atoms with van der Waals surface area (Å²) in [5.41, 5.74) is 1.44. The van der Waals surface area contributed by atoms with E-state index in [4.69, 9.17) is 14.7 Å². The first-order chi connectivity index (χ1) is 14.0. The fraction of sp³-hybridized carbons (Fsp3) is 0.333. The number of benzene rings is 2. The number of aromatic nitrogens is 2. The van der Waals surface area contributed by atoms with Gasteiger partial charge in [0, 0.05) is 0 Å². The third-order valence-electron chi connectivity index (χ3n) is 4.08. The SMILES string of the molecule is CCOc1cc(Cn2c(=O)n(CC#N)c3cc(F)ccc32)ccc1OC.CSC.O.O. The lowest BCUT2D eigenvalue weighted by Gasteiger charge is -2.11. The summed E-state index contributed by atoms with van der Waals surface area (Å²) in [5, 5.41) is 8.98.